The molecular formula is C15H12N6OS2. The van der Waals surface area contributed by atoms with Crippen molar-refractivity contribution in [1.29, 1.82) is 0 Å². The number of rotatable bonds is 2. The van der Waals surface area contributed by atoms with Gasteiger partial charge in [-0.25, -0.2) is 9.97 Å². The molecule has 0 saturated heterocycles. The average Bonchev–Trinajstić information content (AvgIpc) is 3.12. The quantitative estimate of drug-likeness (QED) is 0.571. The normalized spacial score (nSPS) is 11.2. The molecule has 3 N–H and O–H groups in total. The predicted molar refractivity (Wildman–Crippen MR) is 96.7 cm³/mol. The summed E-state index contributed by atoms with van der Waals surface area (Å²) in [5.74, 6) is 0.375. The van der Waals surface area contributed by atoms with Crippen molar-refractivity contribution in [3.05, 3.63) is 34.6 Å². The molecule has 0 atom stereocenters. The van der Waals surface area contributed by atoms with Gasteiger partial charge < -0.3 is 11.1 Å². The Labute approximate surface area is 144 Å². The molecule has 0 spiro atoms. The lowest BCUT2D eigenvalue weighted by atomic mass is 10.2. The SMILES string of the molecule is Cc1nc(C)c2c(N)c(C(=O)Nc3cccc4nsnc34)sc2n1. The molecule has 1 aromatic carbocycles. The topological polar surface area (TPSA) is 107 Å². The molecule has 0 saturated carbocycles. The van der Waals surface area contributed by atoms with Gasteiger partial charge in [0.2, 0.25) is 0 Å². The van der Waals surface area contributed by atoms with Crippen LogP contribution in [0.15, 0.2) is 18.2 Å². The molecule has 1 amide bonds. The molecule has 120 valence electrons. The molecule has 4 rings (SSSR count). The Balaban J connectivity index is 1.77. The second kappa shape index (κ2) is 5.46. The van der Waals surface area contributed by atoms with Gasteiger partial charge in [0.1, 0.15) is 26.6 Å². The third kappa shape index (κ3) is 2.29. The van der Waals surface area contributed by atoms with Gasteiger partial charge in [0.05, 0.1) is 34.2 Å². The Kier molecular flexibility index (Phi) is 3.39. The first-order chi connectivity index (χ1) is 11.5. The molecule has 0 unspecified atom stereocenters. The van der Waals surface area contributed by atoms with E-state index in [1.165, 1.54) is 11.3 Å². The number of hydrogen-bond donors (Lipinski definition) is 2. The summed E-state index contributed by atoms with van der Waals surface area (Å²) >= 11 is 2.37. The monoisotopic (exact) mass is 356 g/mol. The summed E-state index contributed by atoms with van der Waals surface area (Å²) in [7, 11) is 0. The van der Waals surface area contributed by atoms with Crippen LogP contribution in [0, 0.1) is 13.8 Å². The highest BCUT2D eigenvalue weighted by molar-refractivity contribution is 7.21. The van der Waals surface area contributed by atoms with E-state index in [2.05, 4.69) is 24.0 Å². The van der Waals surface area contributed by atoms with Crippen LogP contribution in [0.2, 0.25) is 0 Å². The largest absolute Gasteiger partial charge is 0.397 e. The zero-order chi connectivity index (χ0) is 16.8. The first-order valence-corrected chi connectivity index (χ1v) is 8.65. The fraction of sp³-hybridized carbons (Fsp3) is 0.133. The lowest BCUT2D eigenvalue weighted by Crippen LogP contribution is -2.12. The maximum atomic E-state index is 12.7. The van der Waals surface area contributed by atoms with E-state index in [1.54, 1.807) is 6.07 Å². The minimum atomic E-state index is -0.284. The van der Waals surface area contributed by atoms with E-state index in [4.69, 9.17) is 5.73 Å². The molecule has 0 bridgehead atoms. The Morgan fingerprint density at radius 2 is 2.04 bits per heavy atom. The zero-order valence-corrected chi connectivity index (χ0v) is 14.5. The lowest BCUT2D eigenvalue weighted by molar-refractivity contribution is 0.103. The highest BCUT2D eigenvalue weighted by Gasteiger charge is 2.20. The van der Waals surface area contributed by atoms with Crippen LogP contribution < -0.4 is 11.1 Å². The first-order valence-electron chi connectivity index (χ1n) is 7.10. The second-order valence-corrected chi connectivity index (χ2v) is 6.80. The van der Waals surface area contributed by atoms with Gasteiger partial charge in [-0.3, -0.25) is 4.79 Å². The van der Waals surface area contributed by atoms with Crippen LogP contribution >= 0.6 is 23.1 Å². The number of amides is 1. The second-order valence-electron chi connectivity index (χ2n) is 5.27. The van der Waals surface area contributed by atoms with Gasteiger partial charge in [0.25, 0.3) is 5.91 Å². The van der Waals surface area contributed by atoms with Crippen LogP contribution in [0.5, 0.6) is 0 Å². The summed E-state index contributed by atoms with van der Waals surface area (Å²) in [6, 6.07) is 5.47. The molecule has 3 heterocycles. The van der Waals surface area contributed by atoms with E-state index in [0.29, 0.717) is 27.6 Å². The molecule has 7 nitrogen and oxygen atoms in total. The van der Waals surface area contributed by atoms with Crippen LogP contribution in [-0.2, 0) is 0 Å². The molecular weight excluding hydrogens is 344 g/mol. The van der Waals surface area contributed by atoms with E-state index in [0.717, 1.165) is 33.2 Å². The fourth-order valence-electron chi connectivity index (χ4n) is 2.59. The number of nitrogen functional groups attached to an aromatic ring is 1. The van der Waals surface area contributed by atoms with Gasteiger partial charge >= 0.3 is 0 Å². The molecule has 9 heteroatoms. The molecule has 24 heavy (non-hydrogen) atoms. The molecule has 0 aliphatic carbocycles. The number of hydrogen-bond acceptors (Lipinski definition) is 8. The summed E-state index contributed by atoms with van der Waals surface area (Å²) in [5, 5.41) is 3.61. The summed E-state index contributed by atoms with van der Waals surface area (Å²) in [6.45, 7) is 3.68. The maximum Gasteiger partial charge on any atom is 0.268 e. The van der Waals surface area contributed by atoms with Gasteiger partial charge in [0, 0.05) is 0 Å². The number of fused-ring (bicyclic) bond motifs is 2. The summed E-state index contributed by atoms with van der Waals surface area (Å²) < 4.78 is 8.39. The number of nitrogens with zero attached hydrogens (tertiary/aromatic N) is 4. The van der Waals surface area contributed by atoms with E-state index >= 15 is 0 Å². The minimum Gasteiger partial charge on any atom is -0.397 e. The summed E-state index contributed by atoms with van der Waals surface area (Å²) in [5.41, 5.74) is 9.40. The molecule has 0 radical (unpaired) electrons. The van der Waals surface area contributed by atoms with Crippen LogP contribution in [0.4, 0.5) is 11.4 Å². The van der Waals surface area contributed by atoms with Crippen LogP contribution in [-0.4, -0.2) is 24.6 Å². The first kappa shape index (κ1) is 14.9. The molecule has 0 fully saturated rings. The number of anilines is 2. The van der Waals surface area contributed by atoms with E-state index in [1.807, 2.05) is 26.0 Å². The molecule has 0 aliphatic heterocycles. The maximum absolute atomic E-state index is 12.7. The van der Waals surface area contributed by atoms with Crippen molar-refractivity contribution in [3.8, 4) is 0 Å². The highest BCUT2D eigenvalue weighted by Crippen LogP contribution is 2.34. The zero-order valence-electron chi connectivity index (χ0n) is 12.8. The van der Waals surface area contributed by atoms with Gasteiger partial charge in [-0.15, -0.1) is 11.3 Å². The number of nitrogens with one attached hydrogen (secondary N) is 1. The standard InChI is InChI=1S/C15H12N6OS2/c1-6-10-11(16)13(23-15(10)18-7(2)17-6)14(22)19-8-4-3-5-9-12(8)21-24-20-9/h3-5H,16H2,1-2H3,(H,19,22). The van der Waals surface area contributed by atoms with Crippen molar-refractivity contribution in [2.75, 3.05) is 11.1 Å². The summed E-state index contributed by atoms with van der Waals surface area (Å²) in [6.07, 6.45) is 0. The van der Waals surface area contributed by atoms with Crippen molar-refractivity contribution in [2.24, 2.45) is 0 Å². The number of aryl methyl sites for hydroxylation is 2. The number of aromatic nitrogens is 4. The number of nitrogens with two attached hydrogens (primary N) is 1. The number of thiophene rings is 1. The van der Waals surface area contributed by atoms with Crippen LogP contribution in [0.3, 0.4) is 0 Å². The third-order valence-corrected chi connectivity index (χ3v) is 5.26. The van der Waals surface area contributed by atoms with Gasteiger partial charge in [-0.2, -0.15) is 8.75 Å². The van der Waals surface area contributed by atoms with Crippen LogP contribution in [0.1, 0.15) is 21.2 Å². The van der Waals surface area contributed by atoms with Crippen molar-refractivity contribution >= 4 is 61.6 Å². The predicted octanol–water partition coefficient (Wildman–Crippen LogP) is 3.15. The number of carbonyl (C=O) groups excluding carboxylic acids is 1. The summed E-state index contributed by atoms with van der Waals surface area (Å²) in [4.78, 5) is 22.5. The van der Waals surface area contributed by atoms with Crippen molar-refractivity contribution in [3.63, 3.8) is 0 Å². The van der Waals surface area contributed by atoms with Gasteiger partial charge in [-0.1, -0.05) is 6.07 Å². The Morgan fingerprint density at radius 1 is 1.21 bits per heavy atom. The van der Waals surface area contributed by atoms with Crippen molar-refractivity contribution in [2.45, 2.75) is 13.8 Å². The number of benzene rings is 1. The fourth-order valence-corrected chi connectivity index (χ4v) is 4.22. The third-order valence-electron chi connectivity index (χ3n) is 3.62. The Hall–Kier alpha value is -2.65. The van der Waals surface area contributed by atoms with E-state index < -0.39 is 0 Å². The molecule has 4 aromatic rings. The highest BCUT2D eigenvalue weighted by atomic mass is 32.1. The number of carbonyl (C=O) groups is 1. The van der Waals surface area contributed by atoms with E-state index in [-0.39, 0.29) is 5.91 Å². The Morgan fingerprint density at radius 3 is 2.88 bits per heavy atom. The van der Waals surface area contributed by atoms with E-state index in [9.17, 15) is 4.79 Å². The van der Waals surface area contributed by atoms with Gasteiger partial charge in [0.15, 0.2) is 0 Å². The van der Waals surface area contributed by atoms with Crippen LogP contribution in [0.25, 0.3) is 21.3 Å². The molecule has 3 aromatic heterocycles. The smallest absolute Gasteiger partial charge is 0.268 e. The average molecular weight is 356 g/mol. The van der Waals surface area contributed by atoms with Gasteiger partial charge in [-0.05, 0) is 26.0 Å². The minimum absolute atomic E-state index is 0.284. The Bertz CT molecular complexity index is 1100. The van der Waals surface area contributed by atoms with Crippen molar-refractivity contribution < 1.29 is 4.79 Å². The molecule has 0 aliphatic rings. The lowest BCUT2D eigenvalue weighted by Gasteiger charge is -2.04. The van der Waals surface area contributed by atoms with Crippen molar-refractivity contribution in [1.82, 2.24) is 18.7 Å².